The van der Waals surface area contributed by atoms with Gasteiger partial charge in [-0.25, -0.2) is 0 Å². The molecule has 152 valence electrons. The second-order valence-corrected chi connectivity index (χ2v) is 6.29. The molecule has 0 heterocycles. The fourth-order valence-corrected chi connectivity index (χ4v) is 2.26. The Morgan fingerprint density at radius 1 is 0.889 bits per heavy atom. The first kappa shape index (κ1) is 25.1. The lowest BCUT2D eigenvalue weighted by molar-refractivity contribution is -0.140. The fourth-order valence-electron chi connectivity index (χ4n) is 2.26. The van der Waals surface area contributed by atoms with Crippen molar-refractivity contribution < 1.29 is 19.7 Å². The zero-order valence-corrected chi connectivity index (χ0v) is 16.8. The number of methoxy groups -OCH3 is 1. The summed E-state index contributed by atoms with van der Waals surface area (Å²) >= 11 is 0. The van der Waals surface area contributed by atoms with Crippen LogP contribution in [0.15, 0.2) is 60.8 Å². The lowest BCUT2D eigenvalue weighted by Crippen LogP contribution is -2.02. The minimum atomic E-state index is -0.509. The van der Waals surface area contributed by atoms with Crippen molar-refractivity contribution in [3.05, 3.63) is 60.8 Å². The van der Waals surface area contributed by atoms with Crippen LogP contribution in [0.3, 0.4) is 0 Å². The minimum absolute atomic E-state index is 0.183. The van der Waals surface area contributed by atoms with Crippen LogP contribution in [0.1, 0.15) is 58.3 Å². The van der Waals surface area contributed by atoms with Crippen LogP contribution in [0.25, 0.3) is 0 Å². The molecule has 0 fully saturated rings. The summed E-state index contributed by atoms with van der Waals surface area (Å²) in [5.74, 6) is -0.183. The van der Waals surface area contributed by atoms with Gasteiger partial charge in [0.05, 0.1) is 19.3 Å². The van der Waals surface area contributed by atoms with Gasteiger partial charge in [-0.05, 0) is 32.1 Å². The molecular weight excluding hydrogens is 340 g/mol. The second kappa shape index (κ2) is 18.9. The van der Waals surface area contributed by atoms with Crippen molar-refractivity contribution in [2.45, 2.75) is 70.5 Å². The first-order valence-electron chi connectivity index (χ1n) is 9.84. The van der Waals surface area contributed by atoms with E-state index in [2.05, 4.69) is 23.8 Å². The van der Waals surface area contributed by atoms with E-state index in [0.717, 1.165) is 32.1 Å². The van der Waals surface area contributed by atoms with Gasteiger partial charge < -0.3 is 14.9 Å². The largest absolute Gasteiger partial charge is 0.469 e. The number of hydrogen-bond donors (Lipinski definition) is 2. The normalized spacial score (nSPS) is 15.0. The first-order chi connectivity index (χ1) is 13.1. The molecule has 0 aromatic rings. The van der Waals surface area contributed by atoms with Gasteiger partial charge in [0.15, 0.2) is 0 Å². The van der Waals surface area contributed by atoms with Gasteiger partial charge >= 0.3 is 5.97 Å². The van der Waals surface area contributed by atoms with E-state index in [1.165, 1.54) is 7.11 Å². The molecule has 0 unspecified atom stereocenters. The third kappa shape index (κ3) is 18.7. The molecule has 27 heavy (non-hydrogen) atoms. The van der Waals surface area contributed by atoms with Crippen molar-refractivity contribution in [3.63, 3.8) is 0 Å². The Balaban J connectivity index is 3.80. The monoisotopic (exact) mass is 376 g/mol. The van der Waals surface area contributed by atoms with Gasteiger partial charge in [-0.3, -0.25) is 4.79 Å². The van der Waals surface area contributed by atoms with Crippen molar-refractivity contribution in [3.8, 4) is 0 Å². The fraction of sp³-hybridized carbons (Fsp3) is 0.522. The summed E-state index contributed by atoms with van der Waals surface area (Å²) < 4.78 is 4.58. The highest BCUT2D eigenvalue weighted by Crippen LogP contribution is 2.07. The Labute approximate surface area is 164 Å². The summed E-state index contributed by atoms with van der Waals surface area (Å²) in [5.41, 5.74) is 0. The Bertz CT molecular complexity index is 501. The molecule has 0 bridgehead atoms. The van der Waals surface area contributed by atoms with E-state index in [0.29, 0.717) is 19.3 Å². The maximum absolute atomic E-state index is 11.0. The van der Waals surface area contributed by atoms with Crippen LogP contribution >= 0.6 is 0 Å². The van der Waals surface area contributed by atoms with E-state index in [1.54, 1.807) is 18.2 Å². The summed E-state index contributed by atoms with van der Waals surface area (Å²) in [7, 11) is 1.39. The van der Waals surface area contributed by atoms with Crippen LogP contribution in [-0.4, -0.2) is 35.5 Å². The molecule has 0 amide bonds. The number of allylic oxidation sites excluding steroid dienone is 7. The van der Waals surface area contributed by atoms with E-state index in [4.69, 9.17) is 0 Å². The molecule has 2 atom stereocenters. The Morgan fingerprint density at radius 2 is 1.59 bits per heavy atom. The van der Waals surface area contributed by atoms with Crippen molar-refractivity contribution in [2.75, 3.05) is 7.11 Å². The number of aliphatic hydroxyl groups excluding tert-OH is 2. The van der Waals surface area contributed by atoms with Crippen molar-refractivity contribution >= 4 is 5.97 Å². The lowest BCUT2D eigenvalue weighted by atomic mass is 10.1. The van der Waals surface area contributed by atoms with Crippen LogP contribution in [-0.2, 0) is 9.53 Å². The maximum atomic E-state index is 11.0. The lowest BCUT2D eigenvalue weighted by Gasteiger charge is -2.04. The molecule has 0 aromatic heterocycles. The van der Waals surface area contributed by atoms with Gasteiger partial charge in [0.2, 0.25) is 0 Å². The first-order valence-corrected chi connectivity index (χ1v) is 9.84. The van der Waals surface area contributed by atoms with Gasteiger partial charge in [0.25, 0.3) is 0 Å². The van der Waals surface area contributed by atoms with Crippen LogP contribution in [0, 0.1) is 0 Å². The number of rotatable bonds is 15. The van der Waals surface area contributed by atoms with Gasteiger partial charge in [0.1, 0.15) is 0 Å². The molecule has 0 aliphatic heterocycles. The predicted octanol–water partition coefficient (Wildman–Crippen LogP) is 4.80. The average molecular weight is 377 g/mol. The summed E-state index contributed by atoms with van der Waals surface area (Å²) in [6.07, 6.45) is 24.3. The summed E-state index contributed by atoms with van der Waals surface area (Å²) in [4.78, 5) is 11.0. The third-order valence-electron chi connectivity index (χ3n) is 3.82. The number of unbranched alkanes of at least 4 members (excludes halogenated alkanes) is 2. The van der Waals surface area contributed by atoms with Gasteiger partial charge in [-0.2, -0.15) is 0 Å². The minimum Gasteiger partial charge on any atom is -0.469 e. The standard InChI is InChI=1S/C23H36O4/c1-3-4-5-6-7-8-11-16-21(24)17-12-9-13-18-22(25)19-14-10-15-20-23(26)27-2/h4-5,7-9,11-13,16,18,21-22,24-25H,3,6,10,14-15,17,19-20H2,1-2H3/b5-4-,8-7-,12-9-,16-11+,18-13+/t21-,22+/m0/s1. The van der Waals surface area contributed by atoms with Crippen molar-refractivity contribution in [1.82, 2.24) is 0 Å². The molecule has 2 N–H and O–H groups in total. The molecule has 0 saturated heterocycles. The highest BCUT2D eigenvalue weighted by atomic mass is 16.5. The predicted molar refractivity (Wildman–Crippen MR) is 112 cm³/mol. The van der Waals surface area contributed by atoms with Gasteiger partial charge in [-0.1, -0.05) is 80.5 Å². The van der Waals surface area contributed by atoms with E-state index in [1.807, 2.05) is 30.4 Å². The number of esters is 1. The molecule has 4 heteroatoms. The van der Waals surface area contributed by atoms with Crippen LogP contribution in [0.5, 0.6) is 0 Å². The molecule has 0 saturated carbocycles. The number of aliphatic hydroxyl groups is 2. The quantitative estimate of drug-likeness (QED) is 0.186. The zero-order chi connectivity index (χ0) is 20.2. The summed E-state index contributed by atoms with van der Waals surface area (Å²) in [5, 5.41) is 19.7. The molecule has 4 nitrogen and oxygen atoms in total. The van der Waals surface area contributed by atoms with Crippen molar-refractivity contribution in [1.29, 1.82) is 0 Å². The SMILES string of the molecule is CC/C=C\C/C=C\C=C\[C@H](O)C/C=C\C=C\[C@@H](O)CCCCCC(=O)OC. The van der Waals surface area contributed by atoms with Gasteiger partial charge in [-0.15, -0.1) is 0 Å². The Hall–Kier alpha value is -1.91. The van der Waals surface area contributed by atoms with Crippen LogP contribution in [0.2, 0.25) is 0 Å². The molecule has 0 aliphatic carbocycles. The van der Waals surface area contributed by atoms with E-state index in [9.17, 15) is 15.0 Å². The number of ether oxygens (including phenoxy) is 1. The number of hydrogen-bond acceptors (Lipinski definition) is 4. The molecule has 0 spiro atoms. The van der Waals surface area contributed by atoms with E-state index < -0.39 is 12.2 Å². The smallest absolute Gasteiger partial charge is 0.305 e. The van der Waals surface area contributed by atoms with Gasteiger partial charge in [0, 0.05) is 6.42 Å². The summed E-state index contributed by atoms with van der Waals surface area (Å²) in [6, 6.07) is 0. The van der Waals surface area contributed by atoms with E-state index >= 15 is 0 Å². The Morgan fingerprint density at radius 3 is 2.30 bits per heavy atom. The van der Waals surface area contributed by atoms with Crippen LogP contribution < -0.4 is 0 Å². The zero-order valence-electron chi connectivity index (χ0n) is 16.8. The van der Waals surface area contributed by atoms with Crippen LogP contribution in [0.4, 0.5) is 0 Å². The Kier molecular flexibility index (Phi) is 17.5. The molecule has 0 aliphatic rings. The molecular formula is C23H36O4. The average Bonchev–Trinajstić information content (AvgIpc) is 2.66. The summed E-state index contributed by atoms with van der Waals surface area (Å²) in [6.45, 7) is 2.11. The highest BCUT2D eigenvalue weighted by molar-refractivity contribution is 5.68. The molecule has 0 aromatic carbocycles. The number of carbonyl (C=O) groups is 1. The highest BCUT2D eigenvalue weighted by Gasteiger charge is 2.01. The molecule has 0 radical (unpaired) electrons. The van der Waals surface area contributed by atoms with Crippen molar-refractivity contribution in [2.24, 2.45) is 0 Å². The maximum Gasteiger partial charge on any atom is 0.305 e. The topological polar surface area (TPSA) is 66.8 Å². The number of carbonyl (C=O) groups excluding carboxylic acids is 1. The second-order valence-electron chi connectivity index (χ2n) is 6.29. The molecule has 0 rings (SSSR count). The third-order valence-corrected chi connectivity index (χ3v) is 3.82. The van der Waals surface area contributed by atoms with E-state index in [-0.39, 0.29) is 5.97 Å².